The molecule has 0 aliphatic heterocycles. The molecule has 106 valence electrons. The zero-order valence-electron chi connectivity index (χ0n) is 11.2. The SMILES string of the molecule is CC(CNC(=O)CCOc1ccc(N)cc1)S(C)=O. The second-order valence-corrected chi connectivity index (χ2v) is 6.08. The van der Waals surface area contributed by atoms with Crippen LogP contribution < -0.4 is 15.8 Å². The molecule has 2 atom stereocenters. The number of amides is 1. The van der Waals surface area contributed by atoms with Crippen molar-refractivity contribution in [2.24, 2.45) is 0 Å². The first kappa shape index (κ1) is 15.5. The maximum absolute atomic E-state index is 11.5. The van der Waals surface area contributed by atoms with Crippen LogP contribution in [0.25, 0.3) is 0 Å². The van der Waals surface area contributed by atoms with Crippen LogP contribution in [-0.2, 0) is 15.6 Å². The zero-order valence-corrected chi connectivity index (χ0v) is 12.0. The van der Waals surface area contributed by atoms with Crippen molar-refractivity contribution in [1.29, 1.82) is 0 Å². The number of hydrogen-bond acceptors (Lipinski definition) is 4. The lowest BCUT2D eigenvalue weighted by molar-refractivity contribution is -0.121. The summed E-state index contributed by atoms with van der Waals surface area (Å²) in [6.07, 6.45) is 1.90. The fourth-order valence-electron chi connectivity index (χ4n) is 1.29. The van der Waals surface area contributed by atoms with Crippen LogP contribution in [0, 0.1) is 0 Å². The normalized spacial score (nSPS) is 13.6. The fraction of sp³-hybridized carbons (Fsp3) is 0.462. The van der Waals surface area contributed by atoms with E-state index in [-0.39, 0.29) is 17.6 Å². The lowest BCUT2D eigenvalue weighted by atomic mass is 10.3. The number of anilines is 1. The summed E-state index contributed by atoms with van der Waals surface area (Å²) in [6, 6.07) is 7.01. The van der Waals surface area contributed by atoms with Crippen LogP contribution in [0.2, 0.25) is 0 Å². The van der Waals surface area contributed by atoms with Crippen LogP contribution in [0.1, 0.15) is 13.3 Å². The molecule has 3 N–H and O–H groups in total. The molecule has 0 radical (unpaired) electrons. The van der Waals surface area contributed by atoms with Gasteiger partial charge in [-0.1, -0.05) is 0 Å². The molecule has 0 aliphatic carbocycles. The number of carbonyl (C=O) groups excluding carboxylic acids is 1. The van der Waals surface area contributed by atoms with E-state index in [1.54, 1.807) is 30.5 Å². The lowest BCUT2D eigenvalue weighted by Crippen LogP contribution is -2.33. The standard InChI is InChI=1S/C13H20N2O3S/c1-10(19(2)17)9-15-13(16)7-8-18-12-5-3-11(14)4-6-12/h3-6,10H,7-9,14H2,1-2H3,(H,15,16). The first-order valence-electron chi connectivity index (χ1n) is 6.06. The highest BCUT2D eigenvalue weighted by molar-refractivity contribution is 7.84. The van der Waals surface area contributed by atoms with E-state index in [4.69, 9.17) is 10.5 Å². The molecule has 0 fully saturated rings. The van der Waals surface area contributed by atoms with E-state index >= 15 is 0 Å². The Kier molecular flexibility index (Phi) is 6.35. The van der Waals surface area contributed by atoms with Crippen molar-refractivity contribution < 1.29 is 13.7 Å². The molecule has 1 rings (SSSR count). The molecule has 0 heterocycles. The monoisotopic (exact) mass is 284 g/mol. The van der Waals surface area contributed by atoms with Crippen LogP contribution in [0.3, 0.4) is 0 Å². The Hall–Kier alpha value is -1.56. The summed E-state index contributed by atoms with van der Waals surface area (Å²) in [4.78, 5) is 11.5. The van der Waals surface area contributed by atoms with Crippen molar-refractivity contribution in [3.63, 3.8) is 0 Å². The van der Waals surface area contributed by atoms with E-state index in [0.717, 1.165) is 0 Å². The first-order valence-corrected chi connectivity index (χ1v) is 7.68. The largest absolute Gasteiger partial charge is 0.493 e. The van der Waals surface area contributed by atoms with Crippen LogP contribution >= 0.6 is 0 Å². The van der Waals surface area contributed by atoms with Gasteiger partial charge in [0.05, 0.1) is 13.0 Å². The summed E-state index contributed by atoms with van der Waals surface area (Å²) in [6.45, 7) is 2.56. The Morgan fingerprint density at radius 3 is 2.63 bits per heavy atom. The van der Waals surface area contributed by atoms with Crippen LogP contribution in [0.5, 0.6) is 5.75 Å². The zero-order chi connectivity index (χ0) is 14.3. The Labute approximate surface area is 116 Å². The van der Waals surface area contributed by atoms with E-state index in [9.17, 15) is 9.00 Å². The van der Waals surface area contributed by atoms with Gasteiger partial charge in [0.15, 0.2) is 0 Å². The second kappa shape index (κ2) is 7.78. The fourth-order valence-corrected chi connectivity index (χ4v) is 1.61. The predicted molar refractivity (Wildman–Crippen MR) is 77.5 cm³/mol. The summed E-state index contributed by atoms with van der Waals surface area (Å²) in [5.41, 5.74) is 6.22. The highest BCUT2D eigenvalue weighted by Crippen LogP contribution is 2.12. The highest BCUT2D eigenvalue weighted by atomic mass is 32.2. The highest BCUT2D eigenvalue weighted by Gasteiger charge is 2.08. The maximum atomic E-state index is 11.5. The average Bonchev–Trinajstić information content (AvgIpc) is 2.38. The minimum Gasteiger partial charge on any atom is -0.493 e. The van der Waals surface area contributed by atoms with Gasteiger partial charge in [0.2, 0.25) is 5.91 Å². The lowest BCUT2D eigenvalue weighted by Gasteiger charge is -2.10. The molecule has 0 spiro atoms. The van der Waals surface area contributed by atoms with Crippen molar-refractivity contribution in [3.8, 4) is 5.75 Å². The quantitative estimate of drug-likeness (QED) is 0.730. The van der Waals surface area contributed by atoms with Gasteiger partial charge in [-0.2, -0.15) is 0 Å². The van der Waals surface area contributed by atoms with Gasteiger partial charge in [-0.05, 0) is 31.2 Å². The molecule has 0 saturated heterocycles. The molecule has 2 unspecified atom stereocenters. The van der Waals surface area contributed by atoms with Gasteiger partial charge in [-0.15, -0.1) is 0 Å². The van der Waals surface area contributed by atoms with Gasteiger partial charge < -0.3 is 15.8 Å². The summed E-state index contributed by atoms with van der Waals surface area (Å²) < 4.78 is 16.5. The number of ether oxygens (including phenoxy) is 1. The number of hydrogen-bond donors (Lipinski definition) is 2. The predicted octanol–water partition coefficient (Wildman–Crippen LogP) is 0.921. The van der Waals surface area contributed by atoms with Gasteiger partial charge in [-0.3, -0.25) is 9.00 Å². The molecule has 0 aliphatic rings. The second-order valence-electron chi connectivity index (χ2n) is 4.28. The molecule has 19 heavy (non-hydrogen) atoms. The molecule has 1 amide bonds. The van der Waals surface area contributed by atoms with Gasteiger partial charge in [-0.25, -0.2) is 0 Å². The number of benzene rings is 1. The number of nitrogens with two attached hydrogens (primary N) is 1. The molecule has 0 aromatic heterocycles. The number of carbonyl (C=O) groups is 1. The third-order valence-corrected chi connectivity index (χ3v) is 3.93. The average molecular weight is 284 g/mol. The third kappa shape index (κ3) is 6.24. The molecule has 6 heteroatoms. The molecular weight excluding hydrogens is 264 g/mol. The Bertz CT molecular complexity index is 434. The summed E-state index contributed by atoms with van der Waals surface area (Å²) in [5.74, 6) is 0.581. The van der Waals surface area contributed by atoms with Crippen molar-refractivity contribution in [3.05, 3.63) is 24.3 Å². The van der Waals surface area contributed by atoms with E-state index in [2.05, 4.69) is 5.32 Å². The van der Waals surface area contributed by atoms with Crippen LogP contribution in [-0.4, -0.2) is 34.8 Å². The first-order chi connectivity index (χ1) is 8.99. The number of nitrogen functional groups attached to an aromatic ring is 1. The van der Waals surface area contributed by atoms with E-state index in [1.807, 2.05) is 6.92 Å². The molecule has 0 bridgehead atoms. The van der Waals surface area contributed by atoms with Crippen LogP contribution in [0.4, 0.5) is 5.69 Å². The van der Waals surface area contributed by atoms with Gasteiger partial charge in [0, 0.05) is 34.5 Å². The van der Waals surface area contributed by atoms with Crippen molar-refractivity contribution in [2.75, 3.05) is 25.1 Å². The molecular formula is C13H20N2O3S. The van der Waals surface area contributed by atoms with Gasteiger partial charge in [0.25, 0.3) is 0 Å². The molecule has 1 aromatic rings. The van der Waals surface area contributed by atoms with Crippen molar-refractivity contribution in [2.45, 2.75) is 18.6 Å². The minimum absolute atomic E-state index is 0.0398. The van der Waals surface area contributed by atoms with E-state index in [1.165, 1.54) is 0 Å². The maximum Gasteiger partial charge on any atom is 0.223 e. The Balaban J connectivity index is 2.20. The Morgan fingerprint density at radius 2 is 2.05 bits per heavy atom. The summed E-state index contributed by atoms with van der Waals surface area (Å²) in [5, 5.41) is 2.69. The van der Waals surface area contributed by atoms with E-state index in [0.29, 0.717) is 24.6 Å². The number of nitrogens with one attached hydrogen (secondary N) is 1. The van der Waals surface area contributed by atoms with Gasteiger partial charge in [0.1, 0.15) is 5.75 Å². The Morgan fingerprint density at radius 1 is 1.42 bits per heavy atom. The third-order valence-electron chi connectivity index (χ3n) is 2.63. The van der Waals surface area contributed by atoms with E-state index < -0.39 is 10.8 Å². The van der Waals surface area contributed by atoms with Gasteiger partial charge >= 0.3 is 0 Å². The molecule has 1 aromatic carbocycles. The number of rotatable bonds is 7. The van der Waals surface area contributed by atoms with Crippen molar-refractivity contribution in [1.82, 2.24) is 5.32 Å². The topological polar surface area (TPSA) is 81.4 Å². The smallest absolute Gasteiger partial charge is 0.223 e. The van der Waals surface area contributed by atoms with Crippen molar-refractivity contribution >= 4 is 22.4 Å². The molecule has 5 nitrogen and oxygen atoms in total. The van der Waals surface area contributed by atoms with Crippen LogP contribution in [0.15, 0.2) is 24.3 Å². The minimum atomic E-state index is -0.922. The summed E-state index contributed by atoms with van der Waals surface area (Å²) in [7, 11) is -0.922. The summed E-state index contributed by atoms with van der Waals surface area (Å²) >= 11 is 0. The molecule has 0 saturated carbocycles.